The summed E-state index contributed by atoms with van der Waals surface area (Å²) >= 11 is 0. The molecule has 1 aromatic heterocycles. The second-order valence-electron chi connectivity index (χ2n) is 3.86. The monoisotopic (exact) mass is 272 g/mol. The van der Waals surface area contributed by atoms with Gasteiger partial charge in [0.25, 0.3) is 5.56 Å². The second kappa shape index (κ2) is 4.83. The van der Waals surface area contributed by atoms with E-state index in [2.05, 4.69) is 9.97 Å². The minimum absolute atomic E-state index is 0.268. The molecule has 0 aliphatic heterocycles. The summed E-state index contributed by atoms with van der Waals surface area (Å²) in [5.74, 6) is -0.577. The number of H-pyrrole nitrogens is 1. The van der Waals surface area contributed by atoms with Crippen molar-refractivity contribution in [2.45, 2.75) is 12.6 Å². The lowest BCUT2D eigenvalue weighted by Gasteiger charge is -2.10. The highest BCUT2D eigenvalue weighted by molar-refractivity contribution is 5.28. The Balaban J connectivity index is 2.48. The molecule has 100 valence electrons. The predicted octanol–water partition coefficient (Wildman–Crippen LogP) is 2.52. The molecule has 1 N–H and O–H groups in total. The van der Waals surface area contributed by atoms with Crippen molar-refractivity contribution in [3.8, 4) is 0 Å². The van der Waals surface area contributed by atoms with Gasteiger partial charge < -0.3 is 4.98 Å². The van der Waals surface area contributed by atoms with Crippen molar-refractivity contribution in [1.82, 2.24) is 9.97 Å². The van der Waals surface area contributed by atoms with Crippen molar-refractivity contribution in [3.63, 3.8) is 0 Å². The average Bonchev–Trinajstić information content (AvgIpc) is 2.30. The summed E-state index contributed by atoms with van der Waals surface area (Å²) in [4.78, 5) is 16.7. The molecule has 1 heterocycles. The van der Waals surface area contributed by atoms with Gasteiger partial charge in [0.05, 0.1) is 11.9 Å². The number of nitrogens with zero attached hydrogens (tertiary/aromatic N) is 1. The standard InChI is InChI=1S/C12H8F4N2O/c13-8-3-1-2-7(4-8)5-9-10(12(14,15)16)17-6-18-11(9)19/h1-4,6H,5H2,(H,17,18,19). The Kier molecular flexibility index (Phi) is 3.37. The maximum Gasteiger partial charge on any atom is 0.433 e. The van der Waals surface area contributed by atoms with Crippen molar-refractivity contribution in [3.05, 3.63) is 63.6 Å². The summed E-state index contributed by atoms with van der Waals surface area (Å²) in [6, 6.07) is 5.05. The third-order valence-corrected chi connectivity index (χ3v) is 2.49. The van der Waals surface area contributed by atoms with E-state index in [0.717, 1.165) is 6.07 Å². The maximum absolute atomic E-state index is 13.0. The molecular weight excluding hydrogens is 264 g/mol. The molecule has 2 aromatic rings. The molecule has 7 heteroatoms. The fourth-order valence-corrected chi connectivity index (χ4v) is 1.69. The van der Waals surface area contributed by atoms with E-state index < -0.39 is 28.8 Å². The number of aromatic amines is 1. The lowest BCUT2D eigenvalue weighted by atomic mass is 10.0. The zero-order valence-electron chi connectivity index (χ0n) is 9.46. The number of benzene rings is 1. The van der Waals surface area contributed by atoms with Crippen molar-refractivity contribution in [1.29, 1.82) is 0 Å². The fourth-order valence-electron chi connectivity index (χ4n) is 1.69. The molecule has 0 aliphatic carbocycles. The normalized spacial score (nSPS) is 11.6. The zero-order valence-corrected chi connectivity index (χ0v) is 9.46. The molecule has 0 saturated carbocycles. The fraction of sp³-hybridized carbons (Fsp3) is 0.167. The second-order valence-corrected chi connectivity index (χ2v) is 3.86. The molecule has 1 aromatic carbocycles. The predicted molar refractivity (Wildman–Crippen MR) is 59.1 cm³/mol. The Morgan fingerprint density at radius 3 is 2.63 bits per heavy atom. The van der Waals surface area contributed by atoms with E-state index in [0.29, 0.717) is 6.33 Å². The van der Waals surface area contributed by atoms with Gasteiger partial charge in [-0.1, -0.05) is 12.1 Å². The van der Waals surface area contributed by atoms with E-state index in [9.17, 15) is 22.4 Å². The Morgan fingerprint density at radius 1 is 1.26 bits per heavy atom. The van der Waals surface area contributed by atoms with Crippen LogP contribution in [0.3, 0.4) is 0 Å². The largest absolute Gasteiger partial charge is 0.433 e. The van der Waals surface area contributed by atoms with Crippen LogP contribution in [0, 0.1) is 5.82 Å². The van der Waals surface area contributed by atoms with Gasteiger partial charge in [-0.25, -0.2) is 9.37 Å². The first-order valence-electron chi connectivity index (χ1n) is 5.26. The minimum atomic E-state index is -4.73. The van der Waals surface area contributed by atoms with Crippen LogP contribution in [0.2, 0.25) is 0 Å². The SMILES string of the molecule is O=c1[nH]cnc(C(F)(F)F)c1Cc1cccc(F)c1. The van der Waals surface area contributed by atoms with E-state index in [4.69, 9.17) is 0 Å². The number of hydrogen-bond donors (Lipinski definition) is 1. The van der Waals surface area contributed by atoms with E-state index in [1.54, 1.807) is 0 Å². The van der Waals surface area contributed by atoms with Crippen molar-refractivity contribution in [2.75, 3.05) is 0 Å². The van der Waals surface area contributed by atoms with Gasteiger partial charge >= 0.3 is 6.18 Å². The summed E-state index contributed by atoms with van der Waals surface area (Å²) in [7, 11) is 0. The third-order valence-electron chi connectivity index (χ3n) is 2.49. The van der Waals surface area contributed by atoms with Gasteiger partial charge in [-0.05, 0) is 17.7 Å². The number of alkyl halides is 3. The van der Waals surface area contributed by atoms with Gasteiger partial charge in [0, 0.05) is 6.42 Å². The average molecular weight is 272 g/mol. The molecule has 19 heavy (non-hydrogen) atoms. The van der Waals surface area contributed by atoms with Crippen molar-refractivity contribution >= 4 is 0 Å². The van der Waals surface area contributed by atoms with Crippen LogP contribution in [0.1, 0.15) is 16.8 Å². The molecule has 0 spiro atoms. The van der Waals surface area contributed by atoms with Gasteiger partial charge in [0.1, 0.15) is 5.82 Å². The highest BCUT2D eigenvalue weighted by Crippen LogP contribution is 2.29. The van der Waals surface area contributed by atoms with Crippen LogP contribution < -0.4 is 5.56 Å². The van der Waals surface area contributed by atoms with E-state index in [1.165, 1.54) is 18.2 Å². The van der Waals surface area contributed by atoms with Crippen LogP contribution >= 0.6 is 0 Å². The number of hydrogen-bond acceptors (Lipinski definition) is 2. The van der Waals surface area contributed by atoms with Crippen LogP contribution in [0.25, 0.3) is 0 Å². The molecule has 0 atom stereocenters. The van der Waals surface area contributed by atoms with Gasteiger partial charge in [0.15, 0.2) is 5.69 Å². The molecule has 0 fully saturated rings. The number of halogens is 4. The van der Waals surface area contributed by atoms with Gasteiger partial charge in [0.2, 0.25) is 0 Å². The Hall–Kier alpha value is -2.18. The minimum Gasteiger partial charge on any atom is -0.313 e. The first kappa shape index (κ1) is 13.3. The summed E-state index contributed by atoms with van der Waals surface area (Å²) in [6.45, 7) is 0. The van der Waals surface area contributed by atoms with Crippen LogP contribution in [0.15, 0.2) is 35.4 Å². The van der Waals surface area contributed by atoms with Gasteiger partial charge in [-0.2, -0.15) is 13.2 Å². The topological polar surface area (TPSA) is 45.8 Å². The van der Waals surface area contributed by atoms with E-state index in [1.807, 2.05) is 0 Å². The Labute approximate surface area is 104 Å². The number of rotatable bonds is 2. The molecule has 0 bridgehead atoms. The molecule has 3 nitrogen and oxygen atoms in total. The Morgan fingerprint density at radius 2 is 2.00 bits per heavy atom. The van der Waals surface area contributed by atoms with Crippen molar-refractivity contribution in [2.24, 2.45) is 0 Å². The summed E-state index contributed by atoms with van der Waals surface area (Å²) in [6.07, 6.45) is -4.37. The lowest BCUT2D eigenvalue weighted by Crippen LogP contribution is -2.22. The summed E-state index contributed by atoms with van der Waals surface area (Å²) in [5, 5.41) is 0. The third kappa shape index (κ3) is 2.98. The maximum atomic E-state index is 13.0. The number of nitrogens with one attached hydrogen (secondary N) is 1. The molecule has 2 rings (SSSR count). The van der Waals surface area contributed by atoms with Crippen LogP contribution in [0.5, 0.6) is 0 Å². The van der Waals surface area contributed by atoms with Crippen molar-refractivity contribution < 1.29 is 17.6 Å². The smallest absolute Gasteiger partial charge is 0.313 e. The first-order valence-corrected chi connectivity index (χ1v) is 5.26. The van der Waals surface area contributed by atoms with E-state index >= 15 is 0 Å². The molecule has 0 saturated heterocycles. The quantitative estimate of drug-likeness (QED) is 0.854. The summed E-state index contributed by atoms with van der Waals surface area (Å²) in [5.41, 5.74) is -2.39. The lowest BCUT2D eigenvalue weighted by molar-refractivity contribution is -0.141. The van der Waals surface area contributed by atoms with Gasteiger partial charge in [-0.3, -0.25) is 4.79 Å². The Bertz CT molecular complexity index is 649. The molecule has 0 unspecified atom stereocenters. The highest BCUT2D eigenvalue weighted by atomic mass is 19.4. The number of aromatic nitrogens is 2. The zero-order chi connectivity index (χ0) is 14.0. The van der Waals surface area contributed by atoms with Crippen LogP contribution in [-0.2, 0) is 12.6 Å². The highest BCUT2D eigenvalue weighted by Gasteiger charge is 2.36. The molecule has 0 amide bonds. The van der Waals surface area contributed by atoms with Crippen LogP contribution in [-0.4, -0.2) is 9.97 Å². The molecule has 0 radical (unpaired) electrons. The van der Waals surface area contributed by atoms with Crippen LogP contribution in [0.4, 0.5) is 17.6 Å². The van der Waals surface area contributed by atoms with Gasteiger partial charge in [-0.15, -0.1) is 0 Å². The molecule has 0 aliphatic rings. The summed E-state index contributed by atoms with van der Waals surface area (Å²) < 4.78 is 51.1. The first-order chi connectivity index (χ1) is 8.88. The molecular formula is C12H8F4N2O. The van der Waals surface area contributed by atoms with E-state index in [-0.39, 0.29) is 12.0 Å².